The highest BCUT2D eigenvalue weighted by Crippen LogP contribution is 2.40. The van der Waals surface area contributed by atoms with E-state index in [1.165, 1.54) is 11.8 Å². The minimum absolute atomic E-state index is 0.0787. The quantitative estimate of drug-likeness (QED) is 0.786. The molecule has 2 aromatic rings. The summed E-state index contributed by atoms with van der Waals surface area (Å²) in [6, 6.07) is 16.0. The zero-order valence-electron chi connectivity index (χ0n) is 14.6. The van der Waals surface area contributed by atoms with Crippen LogP contribution in [-0.4, -0.2) is 49.4 Å². The molecule has 140 valence electrons. The standard InChI is InChI=1S/C19H18N2O4S2/c1-25-15-9-7-13(8-10-15)18(22)20-19-21(14-5-3-2-4-6-14)16-11-27(23,24)12-17(16)26-19/h2-10,16-17H,11-12H2,1H3. The highest BCUT2D eigenvalue weighted by atomic mass is 32.2. The Hall–Kier alpha value is -2.32. The molecule has 2 heterocycles. The number of ether oxygens (including phenoxy) is 1. The van der Waals surface area contributed by atoms with Crippen LogP contribution in [0.2, 0.25) is 0 Å². The fraction of sp³-hybridized carbons (Fsp3) is 0.263. The number of thioether (sulfide) groups is 1. The lowest BCUT2D eigenvalue weighted by Crippen LogP contribution is -2.37. The molecule has 0 aliphatic carbocycles. The van der Waals surface area contributed by atoms with Gasteiger partial charge in [0, 0.05) is 16.5 Å². The smallest absolute Gasteiger partial charge is 0.279 e. The van der Waals surface area contributed by atoms with E-state index >= 15 is 0 Å². The van der Waals surface area contributed by atoms with Crippen LogP contribution in [0.4, 0.5) is 5.69 Å². The summed E-state index contributed by atoms with van der Waals surface area (Å²) in [6.07, 6.45) is 0. The number of hydrogen-bond acceptors (Lipinski definition) is 5. The van der Waals surface area contributed by atoms with Gasteiger partial charge in [0.15, 0.2) is 15.0 Å². The van der Waals surface area contributed by atoms with Gasteiger partial charge in [-0.25, -0.2) is 8.42 Å². The van der Waals surface area contributed by atoms with Crippen LogP contribution in [-0.2, 0) is 9.84 Å². The van der Waals surface area contributed by atoms with Crippen LogP contribution in [0, 0.1) is 0 Å². The van der Waals surface area contributed by atoms with Crippen LogP contribution in [0.15, 0.2) is 59.6 Å². The number of sulfone groups is 1. The van der Waals surface area contributed by atoms with Gasteiger partial charge in [0.05, 0.1) is 24.7 Å². The number of fused-ring (bicyclic) bond motifs is 1. The maximum absolute atomic E-state index is 12.6. The van der Waals surface area contributed by atoms with E-state index in [1.807, 2.05) is 35.2 Å². The second-order valence-electron chi connectivity index (χ2n) is 6.43. The van der Waals surface area contributed by atoms with E-state index in [1.54, 1.807) is 31.4 Å². The number of rotatable bonds is 3. The van der Waals surface area contributed by atoms with E-state index in [-0.39, 0.29) is 28.7 Å². The molecule has 1 amide bonds. The molecule has 27 heavy (non-hydrogen) atoms. The molecule has 0 aromatic heterocycles. The molecule has 0 bridgehead atoms. The summed E-state index contributed by atoms with van der Waals surface area (Å²) >= 11 is 1.37. The number of amides is 1. The van der Waals surface area contributed by atoms with Crippen LogP contribution >= 0.6 is 11.8 Å². The van der Waals surface area contributed by atoms with Crippen molar-refractivity contribution in [3.8, 4) is 5.75 Å². The Morgan fingerprint density at radius 2 is 1.81 bits per heavy atom. The number of carbonyl (C=O) groups is 1. The van der Waals surface area contributed by atoms with Crippen molar-refractivity contribution in [2.75, 3.05) is 23.5 Å². The van der Waals surface area contributed by atoms with Crippen LogP contribution < -0.4 is 9.64 Å². The molecule has 0 spiro atoms. The maximum atomic E-state index is 12.6. The third kappa shape index (κ3) is 3.59. The van der Waals surface area contributed by atoms with Gasteiger partial charge >= 0.3 is 0 Å². The molecule has 2 aliphatic heterocycles. The van der Waals surface area contributed by atoms with Gasteiger partial charge in [-0.15, -0.1) is 0 Å². The molecule has 0 saturated carbocycles. The molecule has 2 fully saturated rings. The van der Waals surface area contributed by atoms with Gasteiger partial charge < -0.3 is 9.64 Å². The predicted molar refractivity (Wildman–Crippen MR) is 108 cm³/mol. The molecule has 2 atom stereocenters. The van der Waals surface area contributed by atoms with Crippen molar-refractivity contribution < 1.29 is 17.9 Å². The Morgan fingerprint density at radius 1 is 1.11 bits per heavy atom. The highest BCUT2D eigenvalue weighted by molar-refractivity contribution is 8.16. The molecule has 4 rings (SSSR count). The minimum atomic E-state index is -3.07. The van der Waals surface area contributed by atoms with Crippen molar-refractivity contribution in [1.29, 1.82) is 0 Å². The van der Waals surface area contributed by atoms with Crippen molar-refractivity contribution in [1.82, 2.24) is 0 Å². The lowest BCUT2D eigenvalue weighted by atomic mass is 10.2. The zero-order valence-corrected chi connectivity index (χ0v) is 16.2. The Morgan fingerprint density at radius 3 is 2.48 bits per heavy atom. The van der Waals surface area contributed by atoms with Gasteiger partial charge in [-0.2, -0.15) is 4.99 Å². The Bertz CT molecular complexity index is 988. The van der Waals surface area contributed by atoms with E-state index in [4.69, 9.17) is 4.74 Å². The van der Waals surface area contributed by atoms with Crippen LogP contribution in [0.1, 0.15) is 10.4 Å². The molecular formula is C19H18N2O4S2. The first kappa shape index (κ1) is 18.1. The minimum Gasteiger partial charge on any atom is -0.497 e. The fourth-order valence-electron chi connectivity index (χ4n) is 3.34. The first-order valence-corrected chi connectivity index (χ1v) is 11.2. The maximum Gasteiger partial charge on any atom is 0.279 e. The molecule has 0 radical (unpaired) electrons. The summed E-state index contributed by atoms with van der Waals surface area (Å²) in [4.78, 5) is 18.8. The largest absolute Gasteiger partial charge is 0.497 e. The Kier molecular flexibility index (Phi) is 4.69. The average Bonchev–Trinajstić information content (AvgIpc) is 3.13. The van der Waals surface area contributed by atoms with Crippen LogP contribution in [0.25, 0.3) is 0 Å². The van der Waals surface area contributed by atoms with E-state index in [9.17, 15) is 13.2 Å². The third-order valence-corrected chi connectivity index (χ3v) is 7.84. The molecule has 6 nitrogen and oxygen atoms in total. The van der Waals surface area contributed by atoms with E-state index in [2.05, 4.69) is 4.99 Å². The normalized spacial score (nSPS) is 24.8. The average molecular weight is 402 g/mol. The number of anilines is 1. The molecule has 2 aromatic carbocycles. The predicted octanol–water partition coefficient (Wildman–Crippen LogP) is 2.61. The van der Waals surface area contributed by atoms with E-state index in [0.717, 1.165) is 5.69 Å². The van der Waals surface area contributed by atoms with Crippen molar-refractivity contribution in [2.45, 2.75) is 11.3 Å². The topological polar surface area (TPSA) is 76.0 Å². The second-order valence-corrected chi connectivity index (χ2v) is 9.79. The summed E-state index contributed by atoms with van der Waals surface area (Å²) in [5.41, 5.74) is 1.30. The van der Waals surface area contributed by atoms with E-state index < -0.39 is 9.84 Å². The first-order valence-electron chi connectivity index (χ1n) is 8.45. The lowest BCUT2D eigenvalue weighted by Gasteiger charge is -2.24. The van der Waals surface area contributed by atoms with Crippen LogP contribution in [0.5, 0.6) is 5.75 Å². The number of methoxy groups -OCH3 is 1. The summed E-state index contributed by atoms with van der Waals surface area (Å²) in [5, 5.41) is 0.435. The SMILES string of the molecule is COc1ccc(C(=O)N=C2SC3CS(=O)(=O)CC3N2c2ccccc2)cc1. The van der Waals surface area contributed by atoms with Crippen LogP contribution in [0.3, 0.4) is 0 Å². The van der Waals surface area contributed by atoms with Gasteiger partial charge in [-0.1, -0.05) is 30.0 Å². The summed E-state index contributed by atoms with van der Waals surface area (Å²) < 4.78 is 29.3. The zero-order chi connectivity index (χ0) is 19.0. The lowest BCUT2D eigenvalue weighted by molar-refractivity contribution is 0.100. The van der Waals surface area contributed by atoms with Gasteiger partial charge in [0.2, 0.25) is 0 Å². The fourth-order valence-corrected chi connectivity index (χ4v) is 7.25. The number of nitrogens with zero attached hydrogens (tertiary/aromatic N) is 2. The third-order valence-electron chi connectivity index (χ3n) is 4.64. The Balaban J connectivity index is 1.68. The first-order chi connectivity index (χ1) is 13.0. The van der Waals surface area contributed by atoms with Crippen molar-refractivity contribution in [3.63, 3.8) is 0 Å². The highest BCUT2D eigenvalue weighted by Gasteiger charge is 2.49. The number of para-hydroxylation sites is 1. The molecule has 8 heteroatoms. The van der Waals surface area contributed by atoms with Gasteiger partial charge in [-0.3, -0.25) is 4.79 Å². The van der Waals surface area contributed by atoms with Gasteiger partial charge in [0.1, 0.15) is 5.75 Å². The van der Waals surface area contributed by atoms with Gasteiger partial charge in [0.25, 0.3) is 5.91 Å². The molecule has 2 unspecified atom stereocenters. The second kappa shape index (κ2) is 7.01. The number of benzene rings is 2. The number of amidine groups is 1. The molecular weight excluding hydrogens is 384 g/mol. The summed E-state index contributed by atoms with van der Waals surface area (Å²) in [6.45, 7) is 0. The van der Waals surface area contributed by atoms with Crippen molar-refractivity contribution in [2.24, 2.45) is 4.99 Å². The van der Waals surface area contributed by atoms with Crippen molar-refractivity contribution in [3.05, 3.63) is 60.2 Å². The summed E-state index contributed by atoms with van der Waals surface area (Å²) in [7, 11) is -1.51. The number of carbonyl (C=O) groups excluding carboxylic acids is 1. The Labute approximate surface area is 162 Å². The molecule has 2 aliphatic rings. The summed E-state index contributed by atoms with van der Waals surface area (Å²) in [5.74, 6) is 0.500. The number of aliphatic imine (C=N–C) groups is 1. The van der Waals surface area contributed by atoms with Gasteiger partial charge in [-0.05, 0) is 36.4 Å². The molecule has 2 saturated heterocycles. The van der Waals surface area contributed by atoms with E-state index in [0.29, 0.717) is 16.5 Å². The van der Waals surface area contributed by atoms with Crippen molar-refractivity contribution >= 4 is 38.4 Å². The number of hydrogen-bond donors (Lipinski definition) is 0. The molecule has 0 N–H and O–H groups in total. The monoisotopic (exact) mass is 402 g/mol.